The Labute approximate surface area is 174 Å². The number of hydrogen-bond acceptors (Lipinski definition) is 4. The Balaban J connectivity index is 2.05. The van der Waals surface area contributed by atoms with Crippen molar-refractivity contribution in [3.8, 4) is 0 Å². The number of alkyl halides is 3. The van der Waals surface area contributed by atoms with Crippen molar-refractivity contribution in [2.75, 3.05) is 13.6 Å². The lowest BCUT2D eigenvalue weighted by molar-refractivity contribution is -0.140. The van der Waals surface area contributed by atoms with E-state index in [0.717, 1.165) is 28.8 Å². The molecule has 1 aromatic heterocycles. The first kappa shape index (κ1) is 23.2. The normalized spacial score (nSPS) is 12.7. The minimum Gasteiger partial charge on any atom is -0.357 e. The molecule has 2 rings (SSSR count). The molecule has 0 aliphatic heterocycles. The molecule has 0 aliphatic carbocycles. The monoisotopic (exact) mass is 427 g/mol. The second kappa shape index (κ2) is 10.6. The number of nitrogens with zero attached hydrogens (tertiary/aromatic N) is 3. The van der Waals surface area contributed by atoms with Gasteiger partial charge in [0, 0.05) is 24.5 Å². The summed E-state index contributed by atoms with van der Waals surface area (Å²) in [7, 11) is 2.08. The van der Waals surface area contributed by atoms with Crippen molar-refractivity contribution in [2.24, 2.45) is 4.99 Å². The number of aromatic nitrogens is 1. The molecule has 0 aliphatic rings. The molecule has 2 N–H and O–H groups in total. The highest BCUT2D eigenvalue weighted by Crippen LogP contribution is 2.29. The van der Waals surface area contributed by atoms with Gasteiger partial charge in [-0.1, -0.05) is 24.3 Å². The number of nitrogens with one attached hydrogen (secondary N) is 2. The van der Waals surface area contributed by atoms with Crippen LogP contribution < -0.4 is 10.6 Å². The summed E-state index contributed by atoms with van der Waals surface area (Å²) >= 11 is 0.981. The first-order chi connectivity index (χ1) is 13.7. The lowest BCUT2D eigenvalue weighted by Gasteiger charge is -2.22. The molecule has 0 atom stereocenters. The van der Waals surface area contributed by atoms with E-state index < -0.39 is 11.9 Å². The van der Waals surface area contributed by atoms with Gasteiger partial charge in [-0.05, 0) is 38.9 Å². The zero-order valence-electron chi connectivity index (χ0n) is 17.2. The van der Waals surface area contributed by atoms with Crippen LogP contribution in [0, 0.1) is 0 Å². The summed E-state index contributed by atoms with van der Waals surface area (Å²) in [4.78, 5) is 10.5. The van der Waals surface area contributed by atoms with E-state index in [1.165, 1.54) is 5.56 Å². The summed E-state index contributed by atoms with van der Waals surface area (Å²) < 4.78 is 38.1. The minimum absolute atomic E-state index is 0.185. The van der Waals surface area contributed by atoms with Gasteiger partial charge >= 0.3 is 6.18 Å². The molecule has 0 amide bonds. The number of thiazole rings is 1. The number of aliphatic imine (C=N–C) groups is 1. The molecule has 0 radical (unpaired) electrons. The molecule has 0 saturated heterocycles. The standard InChI is InChI=1S/C20H28F3N5S/c1-5-24-19(26-11-18-27-17(13-29-18)20(21,22)23)25-10-15-8-6-7-9-16(15)12-28(4)14(2)3/h6-9,13-14H,5,10-12H2,1-4H3,(H2,24,25,26). The summed E-state index contributed by atoms with van der Waals surface area (Å²) in [5, 5.41) is 7.57. The van der Waals surface area contributed by atoms with Gasteiger partial charge in [0.25, 0.3) is 0 Å². The lowest BCUT2D eigenvalue weighted by atomic mass is 10.1. The van der Waals surface area contributed by atoms with E-state index in [0.29, 0.717) is 30.1 Å². The lowest BCUT2D eigenvalue weighted by Crippen LogP contribution is -2.36. The van der Waals surface area contributed by atoms with Gasteiger partial charge in [-0.3, -0.25) is 4.90 Å². The third-order valence-electron chi connectivity index (χ3n) is 4.42. The smallest absolute Gasteiger partial charge is 0.357 e. The zero-order valence-corrected chi connectivity index (χ0v) is 18.0. The molecule has 0 fully saturated rings. The highest BCUT2D eigenvalue weighted by atomic mass is 32.1. The highest BCUT2D eigenvalue weighted by molar-refractivity contribution is 7.09. The first-order valence-electron chi connectivity index (χ1n) is 9.51. The van der Waals surface area contributed by atoms with E-state index in [1.54, 1.807) is 0 Å². The SMILES string of the molecule is CCNC(=NCc1ccccc1CN(C)C(C)C)NCc1nc(C(F)(F)F)cs1. The molecule has 0 spiro atoms. The van der Waals surface area contributed by atoms with Crippen molar-refractivity contribution < 1.29 is 13.2 Å². The van der Waals surface area contributed by atoms with Crippen LogP contribution in [0.25, 0.3) is 0 Å². The topological polar surface area (TPSA) is 52.6 Å². The maximum Gasteiger partial charge on any atom is 0.434 e. The van der Waals surface area contributed by atoms with Gasteiger partial charge in [0.1, 0.15) is 5.01 Å². The summed E-state index contributed by atoms with van der Waals surface area (Å²) in [6.45, 7) is 8.37. The van der Waals surface area contributed by atoms with E-state index in [9.17, 15) is 13.2 Å². The molecule has 0 bridgehead atoms. The molecule has 0 saturated carbocycles. The third kappa shape index (κ3) is 7.32. The van der Waals surface area contributed by atoms with Gasteiger partial charge in [-0.2, -0.15) is 13.2 Å². The second-order valence-corrected chi connectivity index (χ2v) is 7.89. The summed E-state index contributed by atoms with van der Waals surface area (Å²) in [5.74, 6) is 0.545. The van der Waals surface area contributed by atoms with Crippen LogP contribution in [0.1, 0.15) is 42.6 Å². The number of hydrogen-bond donors (Lipinski definition) is 2. The minimum atomic E-state index is -4.42. The third-order valence-corrected chi connectivity index (χ3v) is 5.27. The number of benzene rings is 1. The van der Waals surface area contributed by atoms with Crippen LogP contribution in [0.5, 0.6) is 0 Å². The van der Waals surface area contributed by atoms with Gasteiger partial charge < -0.3 is 10.6 Å². The van der Waals surface area contributed by atoms with E-state index in [4.69, 9.17) is 0 Å². The van der Waals surface area contributed by atoms with Gasteiger partial charge in [-0.15, -0.1) is 11.3 Å². The number of rotatable bonds is 8. The van der Waals surface area contributed by atoms with Crippen molar-refractivity contribution in [2.45, 2.75) is 52.6 Å². The van der Waals surface area contributed by atoms with Crippen molar-refractivity contribution in [1.29, 1.82) is 0 Å². The maximum absolute atomic E-state index is 12.7. The van der Waals surface area contributed by atoms with Gasteiger partial charge in [0.15, 0.2) is 11.7 Å². The Kier molecular flexibility index (Phi) is 8.45. The Hall–Kier alpha value is -2.13. The van der Waals surface area contributed by atoms with Gasteiger partial charge in [-0.25, -0.2) is 9.98 Å². The zero-order chi connectivity index (χ0) is 21.4. The fraction of sp³-hybridized carbons (Fsp3) is 0.500. The first-order valence-corrected chi connectivity index (χ1v) is 10.4. The summed E-state index contributed by atoms with van der Waals surface area (Å²) in [5.41, 5.74) is 1.47. The van der Waals surface area contributed by atoms with Crippen molar-refractivity contribution in [3.05, 3.63) is 51.5 Å². The molecular weight excluding hydrogens is 399 g/mol. The molecular formula is C20H28F3N5S. The average Bonchev–Trinajstić information content (AvgIpc) is 3.14. The quantitative estimate of drug-likeness (QED) is 0.488. The maximum atomic E-state index is 12.7. The molecule has 0 unspecified atom stereocenters. The van der Waals surface area contributed by atoms with E-state index in [2.05, 4.69) is 52.5 Å². The van der Waals surface area contributed by atoms with Crippen molar-refractivity contribution in [3.63, 3.8) is 0 Å². The molecule has 29 heavy (non-hydrogen) atoms. The van der Waals surface area contributed by atoms with Crippen LogP contribution in [0.4, 0.5) is 13.2 Å². The Morgan fingerprint density at radius 2 is 1.90 bits per heavy atom. The van der Waals surface area contributed by atoms with Crippen molar-refractivity contribution in [1.82, 2.24) is 20.5 Å². The van der Waals surface area contributed by atoms with Crippen LogP contribution in [0.3, 0.4) is 0 Å². The largest absolute Gasteiger partial charge is 0.434 e. The van der Waals surface area contributed by atoms with Crippen molar-refractivity contribution >= 4 is 17.3 Å². The van der Waals surface area contributed by atoms with Crippen LogP contribution in [0.2, 0.25) is 0 Å². The summed E-state index contributed by atoms with van der Waals surface area (Å²) in [6.07, 6.45) is -4.42. The Morgan fingerprint density at radius 3 is 2.48 bits per heavy atom. The fourth-order valence-corrected chi connectivity index (χ4v) is 3.25. The molecule has 9 heteroatoms. The Morgan fingerprint density at radius 1 is 1.21 bits per heavy atom. The molecule has 160 valence electrons. The highest BCUT2D eigenvalue weighted by Gasteiger charge is 2.33. The van der Waals surface area contributed by atoms with Crippen LogP contribution in [-0.2, 0) is 25.8 Å². The molecule has 5 nitrogen and oxygen atoms in total. The van der Waals surface area contributed by atoms with Gasteiger partial charge in [0.2, 0.25) is 0 Å². The number of halogens is 3. The second-order valence-electron chi connectivity index (χ2n) is 6.95. The van der Waals surface area contributed by atoms with Gasteiger partial charge in [0.05, 0.1) is 13.1 Å². The number of guanidine groups is 1. The molecule has 1 aromatic carbocycles. The van der Waals surface area contributed by atoms with Crippen LogP contribution >= 0.6 is 11.3 Å². The van der Waals surface area contributed by atoms with Crippen LogP contribution in [-0.4, -0.2) is 35.5 Å². The van der Waals surface area contributed by atoms with Crippen LogP contribution in [0.15, 0.2) is 34.6 Å². The molecule has 1 heterocycles. The van der Waals surface area contributed by atoms with E-state index >= 15 is 0 Å². The fourth-order valence-electron chi connectivity index (χ4n) is 2.50. The van der Waals surface area contributed by atoms with E-state index in [-0.39, 0.29) is 6.54 Å². The Bertz CT molecular complexity index is 801. The molecule has 2 aromatic rings. The predicted molar refractivity (Wildman–Crippen MR) is 112 cm³/mol. The summed E-state index contributed by atoms with van der Waals surface area (Å²) in [6, 6.07) is 8.58. The average molecular weight is 428 g/mol. The predicted octanol–water partition coefficient (Wildman–Crippen LogP) is 4.26. The van der Waals surface area contributed by atoms with E-state index in [1.807, 2.05) is 25.1 Å².